The minimum absolute atomic E-state index is 0.0500. The van der Waals surface area contributed by atoms with E-state index in [0.717, 1.165) is 18.4 Å². The summed E-state index contributed by atoms with van der Waals surface area (Å²) < 4.78 is 19.2. The summed E-state index contributed by atoms with van der Waals surface area (Å²) in [4.78, 5) is 38.4. The largest absolute Gasteiger partial charge is 0.495 e. The number of amides is 3. The molecule has 3 aromatic rings. The number of methoxy groups -OCH3 is 1. The second-order valence-electron chi connectivity index (χ2n) is 8.44. The van der Waals surface area contributed by atoms with Crippen LogP contribution in [0.2, 0.25) is 0 Å². The first-order chi connectivity index (χ1) is 17.4. The van der Waals surface area contributed by atoms with Gasteiger partial charge in [0.15, 0.2) is 0 Å². The van der Waals surface area contributed by atoms with Gasteiger partial charge in [-0.2, -0.15) is 0 Å². The minimum Gasteiger partial charge on any atom is -0.495 e. The zero-order valence-electron chi connectivity index (χ0n) is 19.7. The molecule has 1 fully saturated rings. The SMILES string of the molecule is COc1cc(CC(=O)N2CCCC2c2ccc(C(=O)O)cc2)ccc1NC(=O)Nc1ccccc1F. The van der Waals surface area contributed by atoms with Crippen LogP contribution >= 0.6 is 0 Å². The molecule has 3 N–H and O–H groups in total. The number of carboxylic acid groups (broad SMARTS) is 1. The number of nitrogens with zero attached hydrogens (tertiary/aromatic N) is 1. The molecule has 9 heteroatoms. The lowest BCUT2D eigenvalue weighted by atomic mass is 10.0. The fourth-order valence-corrected chi connectivity index (χ4v) is 4.32. The van der Waals surface area contributed by atoms with Gasteiger partial charge < -0.3 is 25.4 Å². The van der Waals surface area contributed by atoms with Crippen molar-refractivity contribution in [3.05, 3.63) is 89.2 Å². The van der Waals surface area contributed by atoms with E-state index in [0.29, 0.717) is 23.5 Å². The third-order valence-corrected chi connectivity index (χ3v) is 6.11. The van der Waals surface area contributed by atoms with Crippen molar-refractivity contribution in [2.45, 2.75) is 25.3 Å². The van der Waals surface area contributed by atoms with Crippen LogP contribution in [0.4, 0.5) is 20.6 Å². The molecule has 0 radical (unpaired) electrons. The summed E-state index contributed by atoms with van der Waals surface area (Å²) in [6.07, 6.45) is 1.81. The first-order valence-electron chi connectivity index (χ1n) is 11.5. The number of rotatable bonds is 7. The Morgan fingerprint density at radius 1 is 1.03 bits per heavy atom. The Hall–Kier alpha value is -4.40. The lowest BCUT2D eigenvalue weighted by molar-refractivity contribution is -0.131. The number of anilines is 2. The van der Waals surface area contributed by atoms with Gasteiger partial charge in [0.25, 0.3) is 0 Å². The van der Waals surface area contributed by atoms with Crippen molar-refractivity contribution in [1.29, 1.82) is 0 Å². The van der Waals surface area contributed by atoms with Crippen LogP contribution in [-0.4, -0.2) is 41.6 Å². The van der Waals surface area contributed by atoms with Crippen molar-refractivity contribution < 1.29 is 28.6 Å². The lowest BCUT2D eigenvalue weighted by Gasteiger charge is -2.25. The van der Waals surface area contributed by atoms with Crippen LogP contribution in [0.1, 0.15) is 40.4 Å². The van der Waals surface area contributed by atoms with E-state index in [9.17, 15) is 18.8 Å². The van der Waals surface area contributed by atoms with Crippen LogP contribution in [0.25, 0.3) is 0 Å². The van der Waals surface area contributed by atoms with Crippen molar-refractivity contribution in [1.82, 2.24) is 4.90 Å². The number of nitrogens with one attached hydrogen (secondary N) is 2. The highest BCUT2D eigenvalue weighted by Gasteiger charge is 2.30. The molecular weight excluding hydrogens is 465 g/mol. The van der Waals surface area contributed by atoms with Crippen LogP contribution in [0, 0.1) is 5.82 Å². The molecular formula is C27H26FN3O5. The van der Waals surface area contributed by atoms with Crippen LogP contribution < -0.4 is 15.4 Å². The van der Waals surface area contributed by atoms with Crippen LogP contribution in [-0.2, 0) is 11.2 Å². The van der Waals surface area contributed by atoms with Gasteiger partial charge in [-0.15, -0.1) is 0 Å². The van der Waals surface area contributed by atoms with Crippen LogP contribution in [0.15, 0.2) is 66.7 Å². The van der Waals surface area contributed by atoms with E-state index in [1.165, 1.54) is 25.3 Å². The molecule has 1 saturated heterocycles. The molecule has 1 atom stereocenters. The highest BCUT2D eigenvalue weighted by molar-refractivity contribution is 6.00. The maximum absolute atomic E-state index is 13.8. The molecule has 8 nitrogen and oxygen atoms in total. The van der Waals surface area contributed by atoms with Gasteiger partial charge in [-0.25, -0.2) is 14.0 Å². The summed E-state index contributed by atoms with van der Waals surface area (Å²) in [6.45, 7) is 0.622. The summed E-state index contributed by atoms with van der Waals surface area (Å²) in [5, 5.41) is 14.2. The Bertz CT molecular complexity index is 1280. The van der Waals surface area contributed by atoms with Gasteiger partial charge in [-0.3, -0.25) is 4.79 Å². The van der Waals surface area contributed by atoms with E-state index in [-0.39, 0.29) is 29.6 Å². The Morgan fingerprint density at radius 3 is 2.44 bits per heavy atom. The van der Waals surface area contributed by atoms with Crippen molar-refractivity contribution >= 4 is 29.3 Å². The highest BCUT2D eigenvalue weighted by atomic mass is 19.1. The number of carbonyl (C=O) groups is 3. The molecule has 36 heavy (non-hydrogen) atoms. The molecule has 0 saturated carbocycles. The van der Waals surface area contributed by atoms with Crippen molar-refractivity contribution in [3.8, 4) is 5.75 Å². The van der Waals surface area contributed by atoms with E-state index < -0.39 is 17.8 Å². The van der Waals surface area contributed by atoms with Gasteiger partial charge >= 0.3 is 12.0 Å². The summed E-state index contributed by atoms with van der Waals surface area (Å²) in [6, 6.07) is 16.8. The number of benzene rings is 3. The number of hydrogen-bond acceptors (Lipinski definition) is 4. The predicted molar refractivity (Wildman–Crippen MR) is 133 cm³/mol. The molecule has 1 aliphatic heterocycles. The molecule has 4 rings (SSSR count). The quantitative estimate of drug-likeness (QED) is 0.427. The molecule has 3 amide bonds. The summed E-state index contributed by atoms with van der Waals surface area (Å²) in [5.41, 5.74) is 2.25. The summed E-state index contributed by atoms with van der Waals surface area (Å²) in [5.74, 6) is -1.23. The Kier molecular flexibility index (Phi) is 7.48. The molecule has 1 unspecified atom stereocenters. The molecule has 1 heterocycles. The zero-order chi connectivity index (χ0) is 25.7. The monoisotopic (exact) mass is 491 g/mol. The fraction of sp³-hybridized carbons (Fsp3) is 0.222. The second kappa shape index (κ2) is 10.9. The minimum atomic E-state index is -0.988. The maximum atomic E-state index is 13.8. The average molecular weight is 492 g/mol. The number of urea groups is 1. The zero-order valence-corrected chi connectivity index (χ0v) is 19.7. The predicted octanol–water partition coefficient (Wildman–Crippen LogP) is 5.08. The van der Waals surface area contributed by atoms with Crippen molar-refractivity contribution in [2.75, 3.05) is 24.3 Å². The number of halogens is 1. The number of para-hydroxylation sites is 1. The van der Waals surface area contributed by atoms with E-state index in [4.69, 9.17) is 9.84 Å². The molecule has 3 aromatic carbocycles. The Balaban J connectivity index is 1.42. The van der Waals surface area contributed by atoms with Crippen LogP contribution in [0.3, 0.4) is 0 Å². The van der Waals surface area contributed by atoms with Crippen molar-refractivity contribution in [3.63, 3.8) is 0 Å². The van der Waals surface area contributed by atoms with Gasteiger partial charge in [0.05, 0.1) is 36.5 Å². The van der Waals surface area contributed by atoms with Gasteiger partial charge in [0.2, 0.25) is 5.91 Å². The molecule has 186 valence electrons. The maximum Gasteiger partial charge on any atom is 0.335 e. The number of hydrogen-bond donors (Lipinski definition) is 3. The number of ether oxygens (including phenoxy) is 1. The molecule has 0 aliphatic carbocycles. The third-order valence-electron chi connectivity index (χ3n) is 6.11. The van der Waals surface area contributed by atoms with Gasteiger partial charge in [-0.1, -0.05) is 30.3 Å². The second-order valence-corrected chi connectivity index (χ2v) is 8.44. The number of aromatic carboxylic acids is 1. The number of carbonyl (C=O) groups excluding carboxylic acids is 2. The molecule has 0 aromatic heterocycles. The number of likely N-dealkylation sites (tertiary alicyclic amines) is 1. The lowest BCUT2D eigenvalue weighted by Crippen LogP contribution is -2.31. The number of carboxylic acids is 1. The van der Waals surface area contributed by atoms with Crippen LogP contribution in [0.5, 0.6) is 5.75 Å². The smallest absolute Gasteiger partial charge is 0.335 e. The summed E-state index contributed by atoms with van der Waals surface area (Å²) >= 11 is 0. The normalized spacial score (nSPS) is 14.8. The average Bonchev–Trinajstić information content (AvgIpc) is 3.36. The standard InChI is InChI=1S/C27H26FN3O5/c1-36-24-15-17(8-13-22(24)30-27(35)29-21-6-3-2-5-20(21)28)16-25(32)31-14-4-7-23(31)18-9-11-19(12-10-18)26(33)34/h2-3,5-6,8-13,15,23H,4,7,14,16H2,1H3,(H,33,34)(H2,29,30,35). The van der Waals surface area contributed by atoms with Crippen molar-refractivity contribution in [2.24, 2.45) is 0 Å². The fourth-order valence-electron chi connectivity index (χ4n) is 4.32. The molecule has 0 spiro atoms. The molecule has 0 bridgehead atoms. The van der Waals surface area contributed by atoms with Gasteiger partial charge in [0.1, 0.15) is 11.6 Å². The van der Waals surface area contributed by atoms with Gasteiger partial charge in [0, 0.05) is 6.54 Å². The first kappa shape index (κ1) is 24.7. The Morgan fingerprint density at radius 2 is 1.75 bits per heavy atom. The summed E-state index contributed by atoms with van der Waals surface area (Å²) in [7, 11) is 1.46. The molecule has 1 aliphatic rings. The van der Waals surface area contributed by atoms with Gasteiger partial charge in [-0.05, 0) is 60.4 Å². The first-order valence-corrected chi connectivity index (χ1v) is 11.5. The van der Waals surface area contributed by atoms with E-state index in [1.807, 2.05) is 4.90 Å². The highest BCUT2D eigenvalue weighted by Crippen LogP contribution is 2.33. The van der Waals surface area contributed by atoms with E-state index in [1.54, 1.807) is 48.5 Å². The third kappa shape index (κ3) is 5.63. The van der Waals surface area contributed by atoms with E-state index >= 15 is 0 Å². The Labute approximate surface area is 207 Å². The topological polar surface area (TPSA) is 108 Å². The van der Waals surface area contributed by atoms with E-state index in [2.05, 4.69) is 10.6 Å².